The van der Waals surface area contributed by atoms with Gasteiger partial charge in [0.15, 0.2) is 0 Å². The van der Waals surface area contributed by atoms with Crippen LogP contribution in [0.3, 0.4) is 0 Å². The Morgan fingerprint density at radius 3 is 2.83 bits per heavy atom. The van der Waals surface area contributed by atoms with E-state index in [9.17, 15) is 5.11 Å². The molecule has 0 aromatic carbocycles. The van der Waals surface area contributed by atoms with Gasteiger partial charge in [-0.1, -0.05) is 20.8 Å². The van der Waals surface area contributed by atoms with Crippen LogP contribution < -0.4 is 5.32 Å². The molecule has 2 atom stereocenters. The first-order chi connectivity index (χ1) is 8.58. The van der Waals surface area contributed by atoms with E-state index in [-0.39, 0.29) is 0 Å². The maximum atomic E-state index is 10.4. The van der Waals surface area contributed by atoms with E-state index < -0.39 is 5.60 Å². The molecule has 1 aliphatic heterocycles. The SMILES string of the molecule is CCC(O)(CC)CNC1C[C@H](C)Sc2sccc21. The molecule has 0 amide bonds. The number of thioether (sulfide) groups is 1. The predicted molar refractivity (Wildman–Crippen MR) is 80.5 cm³/mol. The van der Waals surface area contributed by atoms with Crippen molar-refractivity contribution in [3.63, 3.8) is 0 Å². The first-order valence-electron chi connectivity index (χ1n) is 6.77. The van der Waals surface area contributed by atoms with Crippen molar-refractivity contribution in [3.8, 4) is 0 Å². The summed E-state index contributed by atoms with van der Waals surface area (Å²) >= 11 is 3.82. The highest BCUT2D eigenvalue weighted by Crippen LogP contribution is 2.43. The molecule has 2 heterocycles. The van der Waals surface area contributed by atoms with Crippen LogP contribution in [-0.2, 0) is 0 Å². The Hall–Kier alpha value is -0.0300. The van der Waals surface area contributed by atoms with Gasteiger partial charge in [-0.25, -0.2) is 0 Å². The molecular weight excluding hydrogens is 262 g/mol. The first kappa shape index (κ1) is 14.4. The zero-order valence-electron chi connectivity index (χ0n) is 11.4. The van der Waals surface area contributed by atoms with Crippen molar-refractivity contribution >= 4 is 23.1 Å². The number of fused-ring (bicyclic) bond motifs is 1. The minimum absolute atomic E-state index is 0.409. The molecule has 0 fully saturated rings. The Labute approximate surface area is 118 Å². The van der Waals surface area contributed by atoms with Crippen LogP contribution in [0.2, 0.25) is 0 Å². The van der Waals surface area contributed by atoms with Crippen LogP contribution >= 0.6 is 23.1 Å². The van der Waals surface area contributed by atoms with Gasteiger partial charge < -0.3 is 10.4 Å². The van der Waals surface area contributed by atoms with E-state index in [1.807, 2.05) is 23.1 Å². The predicted octanol–water partition coefficient (Wildman–Crippen LogP) is 3.81. The van der Waals surface area contributed by atoms with Crippen LogP contribution in [0.5, 0.6) is 0 Å². The summed E-state index contributed by atoms with van der Waals surface area (Å²) in [5.41, 5.74) is 0.877. The van der Waals surface area contributed by atoms with Crippen molar-refractivity contribution in [2.75, 3.05) is 6.54 Å². The van der Waals surface area contributed by atoms with Crippen molar-refractivity contribution < 1.29 is 5.11 Å². The second-order valence-electron chi connectivity index (χ2n) is 5.19. The number of aliphatic hydroxyl groups is 1. The van der Waals surface area contributed by atoms with Crippen LogP contribution in [0.4, 0.5) is 0 Å². The normalized spacial score (nSPS) is 24.0. The Balaban J connectivity index is 2.03. The lowest BCUT2D eigenvalue weighted by atomic mass is 9.96. The molecular formula is C14H23NOS2. The van der Waals surface area contributed by atoms with Crippen molar-refractivity contribution in [3.05, 3.63) is 17.0 Å². The average Bonchev–Trinajstić information content (AvgIpc) is 2.83. The molecule has 0 bridgehead atoms. The lowest BCUT2D eigenvalue weighted by molar-refractivity contribution is 0.0294. The van der Waals surface area contributed by atoms with E-state index in [0.717, 1.165) is 19.3 Å². The number of thiophene rings is 1. The highest BCUT2D eigenvalue weighted by atomic mass is 32.2. The van der Waals surface area contributed by atoms with Crippen LogP contribution in [0.1, 0.15) is 51.6 Å². The third-order valence-corrected chi connectivity index (χ3v) is 6.25. The van der Waals surface area contributed by atoms with Gasteiger partial charge in [-0.3, -0.25) is 0 Å². The van der Waals surface area contributed by atoms with Crippen LogP contribution in [0.25, 0.3) is 0 Å². The molecule has 2 N–H and O–H groups in total. The van der Waals surface area contributed by atoms with Gasteiger partial charge in [0.2, 0.25) is 0 Å². The van der Waals surface area contributed by atoms with Gasteiger partial charge in [-0.2, -0.15) is 0 Å². The van der Waals surface area contributed by atoms with Crippen molar-refractivity contribution in [1.82, 2.24) is 5.32 Å². The topological polar surface area (TPSA) is 32.3 Å². The highest BCUT2D eigenvalue weighted by molar-refractivity contribution is 8.01. The summed E-state index contributed by atoms with van der Waals surface area (Å²) < 4.78 is 1.45. The second-order valence-corrected chi connectivity index (χ2v) is 7.82. The van der Waals surface area contributed by atoms with Gasteiger partial charge in [0.1, 0.15) is 0 Å². The van der Waals surface area contributed by atoms with Gasteiger partial charge in [0, 0.05) is 17.8 Å². The van der Waals surface area contributed by atoms with Gasteiger partial charge in [-0.05, 0) is 36.3 Å². The van der Waals surface area contributed by atoms with E-state index in [2.05, 4.69) is 37.5 Å². The molecule has 2 nitrogen and oxygen atoms in total. The molecule has 0 aliphatic carbocycles. The summed E-state index contributed by atoms with van der Waals surface area (Å²) in [6.07, 6.45) is 2.77. The molecule has 0 radical (unpaired) electrons. The smallest absolute Gasteiger partial charge is 0.0766 e. The molecule has 18 heavy (non-hydrogen) atoms. The quantitative estimate of drug-likeness (QED) is 0.863. The summed E-state index contributed by atoms with van der Waals surface area (Å²) in [6.45, 7) is 7.09. The minimum Gasteiger partial charge on any atom is -0.389 e. The second kappa shape index (κ2) is 5.95. The number of hydrogen-bond acceptors (Lipinski definition) is 4. The fraction of sp³-hybridized carbons (Fsp3) is 0.714. The summed E-state index contributed by atoms with van der Waals surface area (Å²) in [4.78, 5) is 0. The minimum atomic E-state index is -0.552. The Kier molecular flexibility index (Phi) is 4.75. The summed E-state index contributed by atoms with van der Waals surface area (Å²) in [5, 5.41) is 16.8. The van der Waals surface area contributed by atoms with E-state index in [1.54, 1.807) is 0 Å². The molecule has 1 aromatic heterocycles. The third kappa shape index (κ3) is 3.10. The van der Waals surface area contributed by atoms with Gasteiger partial charge in [0.25, 0.3) is 0 Å². The highest BCUT2D eigenvalue weighted by Gasteiger charge is 2.29. The van der Waals surface area contributed by atoms with E-state index in [0.29, 0.717) is 17.8 Å². The van der Waals surface area contributed by atoms with Crippen molar-refractivity contribution in [2.24, 2.45) is 0 Å². The fourth-order valence-corrected chi connectivity index (χ4v) is 4.92. The molecule has 4 heteroatoms. The lowest BCUT2D eigenvalue weighted by Gasteiger charge is -2.32. The molecule has 0 spiro atoms. The molecule has 2 rings (SSSR count). The summed E-state index contributed by atoms with van der Waals surface area (Å²) in [7, 11) is 0. The standard InChI is InChI=1S/C14H23NOS2/c1-4-14(16,5-2)9-15-12-8-10(3)18-13-11(12)6-7-17-13/h6-7,10,12,15-16H,4-5,8-9H2,1-3H3/t10-,12?/m0/s1. The lowest BCUT2D eigenvalue weighted by Crippen LogP contribution is -2.41. The third-order valence-electron chi connectivity index (χ3n) is 3.90. The summed E-state index contributed by atoms with van der Waals surface area (Å²) in [6, 6.07) is 2.64. The largest absolute Gasteiger partial charge is 0.389 e. The van der Waals surface area contributed by atoms with E-state index >= 15 is 0 Å². The maximum absolute atomic E-state index is 10.4. The molecule has 1 aromatic rings. The zero-order chi connectivity index (χ0) is 13.2. The average molecular weight is 285 g/mol. The van der Waals surface area contributed by atoms with Crippen LogP contribution in [0, 0.1) is 0 Å². The molecule has 102 valence electrons. The van der Waals surface area contributed by atoms with Crippen molar-refractivity contribution in [1.29, 1.82) is 0 Å². The van der Waals surface area contributed by atoms with Gasteiger partial charge >= 0.3 is 0 Å². The Bertz CT molecular complexity index is 387. The summed E-state index contributed by atoms with van der Waals surface area (Å²) in [5.74, 6) is 0. The number of nitrogens with one attached hydrogen (secondary N) is 1. The zero-order valence-corrected chi connectivity index (χ0v) is 13.0. The molecule has 0 saturated carbocycles. The Morgan fingerprint density at radius 2 is 2.17 bits per heavy atom. The van der Waals surface area contributed by atoms with Crippen molar-refractivity contribution in [2.45, 2.75) is 61.1 Å². The first-order valence-corrected chi connectivity index (χ1v) is 8.53. The Morgan fingerprint density at radius 1 is 1.44 bits per heavy atom. The number of rotatable bonds is 5. The fourth-order valence-electron chi connectivity index (χ4n) is 2.36. The van der Waals surface area contributed by atoms with E-state index in [4.69, 9.17) is 0 Å². The molecule has 1 aliphatic rings. The van der Waals surface area contributed by atoms with Gasteiger partial charge in [-0.15, -0.1) is 23.1 Å². The van der Waals surface area contributed by atoms with Crippen LogP contribution in [0.15, 0.2) is 15.7 Å². The number of hydrogen-bond donors (Lipinski definition) is 2. The van der Waals surface area contributed by atoms with Gasteiger partial charge in [0.05, 0.1) is 9.81 Å². The monoisotopic (exact) mass is 285 g/mol. The molecule has 0 saturated heterocycles. The van der Waals surface area contributed by atoms with Crippen LogP contribution in [-0.4, -0.2) is 22.5 Å². The van der Waals surface area contributed by atoms with E-state index in [1.165, 1.54) is 9.77 Å². The maximum Gasteiger partial charge on any atom is 0.0766 e. The molecule has 1 unspecified atom stereocenters.